The van der Waals surface area contributed by atoms with Gasteiger partial charge in [-0.3, -0.25) is 0 Å². The van der Waals surface area contributed by atoms with Crippen LogP contribution in [0.2, 0.25) is 0 Å². The van der Waals surface area contributed by atoms with E-state index in [-0.39, 0.29) is 0 Å². The molecule has 0 unspecified atom stereocenters. The number of fused-ring (bicyclic) bond motifs is 2. The highest BCUT2D eigenvalue weighted by atomic mass is 32.2. The lowest BCUT2D eigenvalue weighted by Gasteiger charge is -2.20. The van der Waals surface area contributed by atoms with Gasteiger partial charge in [-0.15, -0.1) is 0 Å². The van der Waals surface area contributed by atoms with E-state index in [9.17, 15) is 8.42 Å². The minimum atomic E-state index is -3.61. The molecule has 0 amide bonds. The van der Waals surface area contributed by atoms with Crippen molar-refractivity contribution in [2.75, 3.05) is 10.8 Å². The monoisotopic (exact) mass is 352 g/mol. The van der Waals surface area contributed by atoms with Crippen molar-refractivity contribution >= 4 is 26.7 Å². The van der Waals surface area contributed by atoms with E-state index in [1.54, 1.807) is 6.07 Å². The van der Waals surface area contributed by atoms with Gasteiger partial charge in [0.1, 0.15) is 5.82 Å². The van der Waals surface area contributed by atoms with Gasteiger partial charge in [0.05, 0.1) is 10.4 Å². The summed E-state index contributed by atoms with van der Waals surface area (Å²) in [6.07, 6.45) is 0.691. The van der Waals surface area contributed by atoms with Gasteiger partial charge in [0.25, 0.3) is 10.0 Å². The topological polar surface area (TPSA) is 50.3 Å². The maximum Gasteiger partial charge on any atom is 0.265 e. The zero-order valence-electron chi connectivity index (χ0n) is 14.6. The molecule has 1 aliphatic heterocycles. The molecule has 1 aliphatic rings. The first-order chi connectivity index (χ1) is 11.9. The third-order valence-corrected chi connectivity index (χ3v) is 6.69. The van der Waals surface area contributed by atoms with Gasteiger partial charge >= 0.3 is 0 Å². The molecule has 1 aromatic heterocycles. The summed E-state index contributed by atoms with van der Waals surface area (Å²) in [5.74, 6) is 0.569. The van der Waals surface area contributed by atoms with Crippen molar-refractivity contribution in [1.82, 2.24) is 4.98 Å². The van der Waals surface area contributed by atoms with Crippen LogP contribution in [0.1, 0.15) is 22.3 Å². The van der Waals surface area contributed by atoms with Gasteiger partial charge in [0.15, 0.2) is 0 Å². The largest absolute Gasteiger partial charge is 0.265 e. The van der Waals surface area contributed by atoms with Gasteiger partial charge in [0.2, 0.25) is 0 Å². The Bertz CT molecular complexity index is 1100. The second kappa shape index (κ2) is 5.56. The quantitative estimate of drug-likeness (QED) is 0.702. The Labute approximate surface area is 148 Å². The Kier molecular flexibility index (Phi) is 3.58. The van der Waals surface area contributed by atoms with Crippen LogP contribution in [0.5, 0.6) is 0 Å². The molecule has 0 radical (unpaired) electrons. The Morgan fingerprint density at radius 2 is 1.68 bits per heavy atom. The van der Waals surface area contributed by atoms with Crippen LogP contribution in [0.15, 0.2) is 47.4 Å². The Morgan fingerprint density at radius 3 is 2.48 bits per heavy atom. The highest BCUT2D eigenvalue weighted by Gasteiger charge is 2.33. The molecule has 0 saturated heterocycles. The predicted molar refractivity (Wildman–Crippen MR) is 101 cm³/mol. The fourth-order valence-electron chi connectivity index (χ4n) is 3.38. The summed E-state index contributed by atoms with van der Waals surface area (Å²) in [7, 11) is -3.61. The number of hydrogen-bond acceptors (Lipinski definition) is 3. The van der Waals surface area contributed by atoms with Gasteiger partial charge in [-0.25, -0.2) is 17.7 Å². The molecule has 128 valence electrons. The number of nitrogens with zero attached hydrogens (tertiary/aromatic N) is 2. The van der Waals surface area contributed by atoms with Crippen molar-refractivity contribution in [1.29, 1.82) is 0 Å². The van der Waals surface area contributed by atoms with Crippen molar-refractivity contribution in [2.24, 2.45) is 0 Å². The van der Waals surface area contributed by atoms with E-state index >= 15 is 0 Å². The van der Waals surface area contributed by atoms with E-state index in [2.05, 4.69) is 17.1 Å². The van der Waals surface area contributed by atoms with E-state index in [4.69, 9.17) is 0 Å². The second-order valence-corrected chi connectivity index (χ2v) is 8.59. The van der Waals surface area contributed by atoms with Crippen LogP contribution < -0.4 is 4.31 Å². The molecule has 4 nitrogen and oxygen atoms in total. The van der Waals surface area contributed by atoms with Gasteiger partial charge in [-0.05, 0) is 67.6 Å². The lowest BCUT2D eigenvalue weighted by molar-refractivity contribution is 0.591. The number of benzene rings is 2. The van der Waals surface area contributed by atoms with Crippen LogP contribution in [-0.2, 0) is 16.4 Å². The van der Waals surface area contributed by atoms with Gasteiger partial charge in [-0.2, -0.15) is 0 Å². The first-order valence-electron chi connectivity index (χ1n) is 8.36. The molecule has 0 fully saturated rings. The molecule has 4 rings (SSSR count). The second-order valence-electron chi connectivity index (χ2n) is 6.76. The van der Waals surface area contributed by atoms with Crippen LogP contribution in [0.25, 0.3) is 10.9 Å². The molecule has 3 aromatic rings. The molecule has 2 heterocycles. The summed E-state index contributed by atoms with van der Waals surface area (Å²) >= 11 is 0. The van der Waals surface area contributed by atoms with E-state index < -0.39 is 10.0 Å². The number of anilines is 1. The molecule has 0 saturated carbocycles. The van der Waals surface area contributed by atoms with Crippen LogP contribution in [-0.4, -0.2) is 19.9 Å². The molecular formula is C20H20N2O2S. The van der Waals surface area contributed by atoms with Crippen molar-refractivity contribution in [2.45, 2.75) is 32.1 Å². The van der Waals surface area contributed by atoms with Crippen molar-refractivity contribution in [3.8, 4) is 0 Å². The number of sulfonamides is 1. The molecule has 5 heteroatoms. The summed E-state index contributed by atoms with van der Waals surface area (Å²) < 4.78 is 28.0. The number of aromatic nitrogens is 1. The first kappa shape index (κ1) is 16.1. The van der Waals surface area contributed by atoms with Crippen molar-refractivity contribution in [3.05, 3.63) is 64.7 Å². The van der Waals surface area contributed by atoms with Crippen molar-refractivity contribution < 1.29 is 8.42 Å². The molecular weight excluding hydrogens is 332 g/mol. The molecule has 0 atom stereocenters. The Morgan fingerprint density at radius 1 is 0.960 bits per heavy atom. The predicted octanol–water partition coefficient (Wildman–Crippen LogP) is 3.91. The Hall–Kier alpha value is -2.40. The number of pyridine rings is 1. The van der Waals surface area contributed by atoms with Gasteiger partial charge in [-0.1, -0.05) is 24.3 Å². The van der Waals surface area contributed by atoms with Crippen LogP contribution in [0, 0.1) is 20.8 Å². The van der Waals surface area contributed by atoms with E-state index in [0.29, 0.717) is 23.7 Å². The van der Waals surface area contributed by atoms with Gasteiger partial charge in [0, 0.05) is 11.9 Å². The summed E-state index contributed by atoms with van der Waals surface area (Å²) in [5.41, 5.74) is 4.63. The molecule has 2 aromatic carbocycles. The summed E-state index contributed by atoms with van der Waals surface area (Å²) in [4.78, 5) is 5.06. The third kappa shape index (κ3) is 2.59. The van der Waals surface area contributed by atoms with Crippen molar-refractivity contribution in [3.63, 3.8) is 0 Å². The van der Waals surface area contributed by atoms with Gasteiger partial charge < -0.3 is 0 Å². The summed E-state index contributed by atoms with van der Waals surface area (Å²) in [6.45, 7) is 6.19. The van der Waals surface area contributed by atoms with E-state index in [1.165, 1.54) is 4.31 Å². The number of aryl methyl sites for hydroxylation is 3. The molecule has 0 aliphatic carbocycles. The van der Waals surface area contributed by atoms with Crippen LogP contribution >= 0.6 is 0 Å². The lowest BCUT2D eigenvalue weighted by Crippen LogP contribution is -2.30. The highest BCUT2D eigenvalue weighted by Crippen LogP contribution is 2.34. The minimum absolute atomic E-state index is 0.367. The van der Waals surface area contributed by atoms with Crippen LogP contribution in [0.4, 0.5) is 5.82 Å². The zero-order valence-corrected chi connectivity index (χ0v) is 15.4. The zero-order chi connectivity index (χ0) is 17.8. The highest BCUT2D eigenvalue weighted by molar-refractivity contribution is 7.92. The standard InChI is InChI=1S/C20H20N2O2S/c1-13-5-7-16-12-17-8-9-22(20(17)21-18(16)10-13)25(23,24)19-11-14(2)4-6-15(19)3/h4-7,10-12H,8-9H2,1-3H3. The average molecular weight is 352 g/mol. The fourth-order valence-corrected chi connectivity index (χ4v) is 5.14. The van der Waals surface area contributed by atoms with E-state index in [0.717, 1.165) is 33.2 Å². The minimum Gasteiger partial charge on any atom is -0.249 e. The molecule has 0 N–H and O–H groups in total. The molecule has 0 bridgehead atoms. The third-order valence-electron chi connectivity index (χ3n) is 4.76. The average Bonchev–Trinajstić information content (AvgIpc) is 2.98. The smallest absolute Gasteiger partial charge is 0.249 e. The molecule has 0 spiro atoms. The Balaban J connectivity index is 1.88. The number of hydrogen-bond donors (Lipinski definition) is 0. The fraction of sp³-hybridized carbons (Fsp3) is 0.250. The van der Waals surface area contributed by atoms with E-state index in [1.807, 2.05) is 45.0 Å². The summed E-state index contributed by atoms with van der Waals surface area (Å²) in [6, 6.07) is 13.7. The molecule has 25 heavy (non-hydrogen) atoms. The lowest BCUT2D eigenvalue weighted by atomic mass is 10.1. The normalized spacial score (nSPS) is 14.1. The number of rotatable bonds is 2. The maximum absolute atomic E-state index is 13.3. The maximum atomic E-state index is 13.3. The summed E-state index contributed by atoms with van der Waals surface area (Å²) in [5, 5.41) is 1.05. The SMILES string of the molecule is Cc1ccc(C)c(S(=O)(=O)N2CCc3cc4ccc(C)cc4nc32)c1. The van der Waals surface area contributed by atoms with Crippen LogP contribution in [0.3, 0.4) is 0 Å². The first-order valence-corrected chi connectivity index (χ1v) is 9.80.